The zero-order valence-electron chi connectivity index (χ0n) is 16.9. The van der Waals surface area contributed by atoms with Crippen molar-refractivity contribution in [3.8, 4) is 5.75 Å². The maximum absolute atomic E-state index is 13.3. The average molecular weight is 415 g/mol. The second kappa shape index (κ2) is 8.39. The molecule has 0 aromatic heterocycles. The number of hydrogen-bond donors (Lipinski definition) is 4. The van der Waals surface area contributed by atoms with Gasteiger partial charge in [-0.2, -0.15) is 0 Å². The van der Waals surface area contributed by atoms with Crippen molar-refractivity contribution < 1.29 is 34.5 Å². The molecule has 30 heavy (non-hydrogen) atoms. The third-order valence-corrected chi connectivity index (χ3v) is 5.82. The van der Waals surface area contributed by atoms with Crippen LogP contribution in [0.15, 0.2) is 23.5 Å². The van der Waals surface area contributed by atoms with Crippen molar-refractivity contribution in [2.24, 2.45) is 17.8 Å². The number of carbonyl (C=O) groups excluding carboxylic acids is 4. The number of aliphatic hydroxyl groups excluding tert-OH is 2. The molecule has 160 valence electrons. The number of fused-ring (bicyclic) bond motifs is 2. The summed E-state index contributed by atoms with van der Waals surface area (Å²) in [4.78, 5) is 48.7. The molecule has 0 fully saturated rings. The van der Waals surface area contributed by atoms with Gasteiger partial charge in [-0.25, -0.2) is 0 Å². The van der Waals surface area contributed by atoms with Gasteiger partial charge in [0.1, 0.15) is 11.5 Å². The van der Waals surface area contributed by atoms with Gasteiger partial charge >= 0.3 is 0 Å². The molecule has 0 spiro atoms. The molecule has 8 heteroatoms. The number of aliphatic hydroxyl groups is 2. The molecule has 1 aromatic carbocycles. The fraction of sp³-hybridized carbons (Fsp3) is 0.455. The lowest BCUT2D eigenvalue weighted by Crippen LogP contribution is -2.39. The largest absolute Gasteiger partial charge is 0.511 e. The van der Waals surface area contributed by atoms with Crippen molar-refractivity contribution in [1.82, 2.24) is 0 Å². The number of benzene rings is 1. The fourth-order valence-corrected chi connectivity index (χ4v) is 4.67. The van der Waals surface area contributed by atoms with Gasteiger partial charge in [0.05, 0.1) is 23.6 Å². The zero-order chi connectivity index (χ0) is 22.2. The summed E-state index contributed by atoms with van der Waals surface area (Å²) in [6.07, 6.45) is 0.658. The van der Waals surface area contributed by atoms with Gasteiger partial charge in [-0.1, -0.05) is 6.07 Å². The number of phenols is 1. The maximum Gasteiger partial charge on any atom is 0.221 e. The first-order valence-electron chi connectivity index (χ1n) is 9.88. The highest BCUT2D eigenvalue weighted by Crippen LogP contribution is 2.47. The Morgan fingerprint density at radius 3 is 2.47 bits per heavy atom. The number of aromatic hydroxyl groups is 1. The molecule has 0 saturated carbocycles. The summed E-state index contributed by atoms with van der Waals surface area (Å²) in [5.41, 5.74) is 0.738. The molecule has 1 aromatic rings. The molecule has 3 atom stereocenters. The third kappa shape index (κ3) is 3.87. The minimum Gasteiger partial charge on any atom is -0.511 e. The van der Waals surface area contributed by atoms with Gasteiger partial charge in [0.25, 0.3) is 0 Å². The Bertz CT molecular complexity index is 962. The van der Waals surface area contributed by atoms with E-state index in [-0.39, 0.29) is 59.5 Å². The third-order valence-electron chi connectivity index (χ3n) is 5.82. The SMILES string of the molecule is CC(=O)CC(=O)C1C(O)=C2C(=O)c3c(ccc(NC(C)=O)c3O)CC2CC1CCO. The van der Waals surface area contributed by atoms with E-state index in [1.54, 1.807) is 6.07 Å². The second-order valence-electron chi connectivity index (χ2n) is 8.04. The van der Waals surface area contributed by atoms with Crippen molar-refractivity contribution in [3.63, 3.8) is 0 Å². The standard InChI is InChI=1S/C22H25NO7/c1-10(25)7-16(27)17-13(5-6-24)9-14-8-12-3-4-15(23-11(2)26)20(28)18(12)22(30)19(14)21(17)29/h3-4,13-14,17,24,28-29H,5-9H2,1-2H3,(H,23,26). The van der Waals surface area contributed by atoms with Crippen LogP contribution in [0.3, 0.4) is 0 Å². The Kier molecular flexibility index (Phi) is 6.07. The Hall–Kier alpha value is -3.00. The number of allylic oxidation sites excluding steroid dienone is 2. The van der Waals surface area contributed by atoms with E-state index in [1.165, 1.54) is 19.9 Å². The number of ketones is 3. The Morgan fingerprint density at radius 1 is 1.17 bits per heavy atom. The fourth-order valence-electron chi connectivity index (χ4n) is 4.67. The van der Waals surface area contributed by atoms with Gasteiger partial charge in [0.2, 0.25) is 5.91 Å². The van der Waals surface area contributed by atoms with Crippen molar-refractivity contribution in [3.05, 3.63) is 34.6 Å². The van der Waals surface area contributed by atoms with Crippen LogP contribution >= 0.6 is 0 Å². The lowest BCUT2D eigenvalue weighted by atomic mass is 9.65. The van der Waals surface area contributed by atoms with E-state index in [4.69, 9.17) is 0 Å². The van der Waals surface area contributed by atoms with Crippen LogP contribution in [0.1, 0.15) is 49.0 Å². The summed E-state index contributed by atoms with van der Waals surface area (Å²) in [6.45, 7) is 2.37. The van der Waals surface area contributed by atoms with E-state index in [2.05, 4.69) is 5.32 Å². The molecule has 4 N–H and O–H groups in total. The molecule has 3 unspecified atom stereocenters. The summed E-state index contributed by atoms with van der Waals surface area (Å²) < 4.78 is 0. The molecule has 1 amide bonds. The average Bonchev–Trinajstić information content (AvgIpc) is 2.63. The Balaban J connectivity index is 2.09. The van der Waals surface area contributed by atoms with Crippen LogP contribution in [0.5, 0.6) is 5.75 Å². The molecule has 2 aliphatic carbocycles. The minimum atomic E-state index is -1.04. The molecular formula is C22H25NO7. The maximum atomic E-state index is 13.3. The van der Waals surface area contributed by atoms with Crippen LogP contribution < -0.4 is 5.32 Å². The first kappa shape index (κ1) is 21.7. The number of Topliss-reactive ketones (excluding diaryl/α,β-unsaturated/α-hetero) is 3. The van der Waals surface area contributed by atoms with Crippen molar-refractivity contribution in [2.45, 2.75) is 39.5 Å². The van der Waals surface area contributed by atoms with Gasteiger partial charge in [-0.15, -0.1) is 0 Å². The van der Waals surface area contributed by atoms with Crippen molar-refractivity contribution in [1.29, 1.82) is 0 Å². The van der Waals surface area contributed by atoms with E-state index >= 15 is 0 Å². The molecule has 2 aliphatic rings. The summed E-state index contributed by atoms with van der Waals surface area (Å²) >= 11 is 0. The number of amides is 1. The number of rotatable bonds is 6. The van der Waals surface area contributed by atoms with Gasteiger partial charge in [0.15, 0.2) is 17.3 Å². The Morgan fingerprint density at radius 2 is 1.87 bits per heavy atom. The molecule has 0 aliphatic heterocycles. The molecule has 3 rings (SSSR count). The van der Waals surface area contributed by atoms with Crippen LogP contribution in [0.25, 0.3) is 0 Å². The summed E-state index contributed by atoms with van der Waals surface area (Å²) in [7, 11) is 0. The normalized spacial score (nSPS) is 22.9. The smallest absolute Gasteiger partial charge is 0.221 e. The van der Waals surface area contributed by atoms with Crippen molar-refractivity contribution in [2.75, 3.05) is 11.9 Å². The van der Waals surface area contributed by atoms with E-state index in [0.29, 0.717) is 18.4 Å². The lowest BCUT2D eigenvalue weighted by Gasteiger charge is -2.39. The number of hydrogen-bond acceptors (Lipinski definition) is 7. The van der Waals surface area contributed by atoms with Crippen LogP contribution in [0, 0.1) is 17.8 Å². The van der Waals surface area contributed by atoms with Gasteiger partial charge in [-0.3, -0.25) is 19.2 Å². The lowest BCUT2D eigenvalue weighted by molar-refractivity contribution is -0.129. The first-order chi connectivity index (χ1) is 14.1. The minimum absolute atomic E-state index is 0.00238. The second-order valence-corrected chi connectivity index (χ2v) is 8.04. The number of carbonyl (C=O) groups is 4. The number of nitrogens with one attached hydrogen (secondary N) is 1. The van der Waals surface area contributed by atoms with Crippen LogP contribution in [0.2, 0.25) is 0 Å². The van der Waals surface area contributed by atoms with Crippen LogP contribution in [-0.2, 0) is 20.8 Å². The van der Waals surface area contributed by atoms with E-state index in [9.17, 15) is 34.5 Å². The van der Waals surface area contributed by atoms with E-state index in [1.807, 2.05) is 0 Å². The van der Waals surface area contributed by atoms with Crippen molar-refractivity contribution >= 4 is 28.9 Å². The topological polar surface area (TPSA) is 141 Å². The summed E-state index contributed by atoms with van der Waals surface area (Å²) in [5, 5.41) is 33.4. The van der Waals surface area contributed by atoms with Gasteiger partial charge in [-0.05, 0) is 49.7 Å². The summed E-state index contributed by atoms with van der Waals surface area (Å²) in [5.74, 6) is -4.39. The van der Waals surface area contributed by atoms with E-state index < -0.39 is 29.3 Å². The van der Waals surface area contributed by atoms with Crippen LogP contribution in [0.4, 0.5) is 5.69 Å². The van der Waals surface area contributed by atoms with Gasteiger partial charge < -0.3 is 20.6 Å². The predicted molar refractivity (Wildman–Crippen MR) is 107 cm³/mol. The van der Waals surface area contributed by atoms with Crippen LogP contribution in [-0.4, -0.2) is 45.2 Å². The first-order valence-corrected chi connectivity index (χ1v) is 9.88. The monoisotopic (exact) mass is 415 g/mol. The number of phenolic OH excluding ortho intramolecular Hbond substituents is 1. The highest BCUT2D eigenvalue weighted by molar-refractivity contribution is 6.15. The van der Waals surface area contributed by atoms with E-state index in [0.717, 1.165) is 0 Å². The number of anilines is 1. The molecule has 8 nitrogen and oxygen atoms in total. The Labute approximate surface area is 173 Å². The predicted octanol–water partition coefficient (Wildman–Crippen LogP) is 2.08. The summed E-state index contributed by atoms with van der Waals surface area (Å²) in [6, 6.07) is 3.17. The zero-order valence-corrected chi connectivity index (χ0v) is 16.9. The highest BCUT2D eigenvalue weighted by Gasteiger charge is 2.46. The molecular weight excluding hydrogens is 390 g/mol. The highest BCUT2D eigenvalue weighted by atomic mass is 16.3. The molecule has 0 heterocycles. The molecule has 0 saturated heterocycles. The molecule has 0 radical (unpaired) electrons. The quantitative estimate of drug-likeness (QED) is 0.412. The molecule has 0 bridgehead atoms. The van der Waals surface area contributed by atoms with Gasteiger partial charge in [0, 0.05) is 19.1 Å².